The van der Waals surface area contributed by atoms with E-state index in [1.165, 1.54) is 6.42 Å². The minimum atomic E-state index is -2.88. The molecule has 1 fully saturated rings. The number of rotatable bonds is 77. The highest BCUT2D eigenvalue weighted by Gasteiger charge is 2.46. The lowest BCUT2D eigenvalue weighted by molar-refractivity contribution is -0.108. The van der Waals surface area contributed by atoms with Crippen molar-refractivity contribution in [2.24, 2.45) is 0 Å². The summed E-state index contributed by atoms with van der Waals surface area (Å²) in [6, 6.07) is 5.84. The van der Waals surface area contributed by atoms with Crippen molar-refractivity contribution >= 4 is 113 Å². The Morgan fingerprint density at radius 2 is 0.470 bits per heavy atom. The molecule has 0 saturated carbocycles. The first-order valence-corrected chi connectivity index (χ1v) is 61.3. The Hall–Kier alpha value is 0.572. The first-order valence-electron chi connectivity index (χ1n) is 41.7. The van der Waals surface area contributed by atoms with E-state index in [2.05, 4.69) is 0 Å². The quantitative estimate of drug-likeness (QED) is 0.0180. The lowest BCUT2D eigenvalue weighted by Crippen LogP contribution is -2.48. The molecule has 115 heavy (non-hydrogen) atoms. The van der Waals surface area contributed by atoms with Gasteiger partial charge >= 0.3 is 79.2 Å². The van der Waals surface area contributed by atoms with E-state index >= 15 is 0 Å². The van der Waals surface area contributed by atoms with Crippen molar-refractivity contribution in [1.29, 1.82) is 0 Å². The summed E-state index contributed by atoms with van der Waals surface area (Å²) >= 11 is 0. The van der Waals surface area contributed by atoms with Crippen molar-refractivity contribution in [3.8, 4) is 0 Å². The second-order valence-corrected chi connectivity index (χ2v) is 52.4. The highest BCUT2D eigenvalue weighted by atomic mass is 33.1. The van der Waals surface area contributed by atoms with Crippen molar-refractivity contribution < 1.29 is 139 Å². The molecule has 31 nitrogen and oxygen atoms in total. The molecule has 0 spiro atoms. The van der Waals surface area contributed by atoms with Crippen LogP contribution in [0.3, 0.4) is 0 Å². The fraction of sp³-hybridized carbons (Fsp3) is 0.945. The summed E-state index contributed by atoms with van der Waals surface area (Å²) < 4.78 is 162. The van der Waals surface area contributed by atoms with Crippen molar-refractivity contribution in [2.75, 3.05) is 216 Å². The zero-order chi connectivity index (χ0) is 87.8. The van der Waals surface area contributed by atoms with Crippen LogP contribution in [-0.2, 0) is 139 Å². The van der Waals surface area contributed by atoms with Gasteiger partial charge in [0, 0.05) is 258 Å². The molecule has 694 valence electrons. The molecular formula is C73H168O31S2Si9. The van der Waals surface area contributed by atoms with E-state index in [0.717, 1.165) is 144 Å². The third-order valence-electron chi connectivity index (χ3n) is 16.6. The van der Waals surface area contributed by atoms with Gasteiger partial charge in [-0.25, -0.2) is 0 Å². The van der Waals surface area contributed by atoms with Gasteiger partial charge in [-0.3, -0.25) is 0 Å². The van der Waals surface area contributed by atoms with Gasteiger partial charge in [-0.05, 0) is 173 Å². The molecular weight excluding hydrogens is 1690 g/mol. The monoisotopic (exact) mass is 1860 g/mol. The van der Waals surface area contributed by atoms with Gasteiger partial charge in [0.25, 0.3) is 0 Å². The van der Waals surface area contributed by atoms with Gasteiger partial charge in [0.05, 0.1) is 13.2 Å². The summed E-state index contributed by atoms with van der Waals surface area (Å²) in [7, 11) is 0.661. The van der Waals surface area contributed by atoms with E-state index in [1.807, 2.05) is 137 Å². The number of ether oxygens (including phenoxy) is 2. The lowest BCUT2D eigenvalue weighted by Gasteiger charge is -2.28. The highest BCUT2D eigenvalue weighted by Crippen LogP contribution is 2.30. The van der Waals surface area contributed by atoms with E-state index in [4.69, 9.17) is 129 Å². The van der Waals surface area contributed by atoms with Crippen LogP contribution in [0.25, 0.3) is 0 Å². The maximum Gasteiger partial charge on any atom is 0.529 e. The number of carbonyl (C=O) groups excluding carboxylic acids is 2. The molecule has 0 amide bonds. The molecule has 1 aliphatic heterocycles. The van der Waals surface area contributed by atoms with E-state index in [9.17, 15) is 9.59 Å². The maximum atomic E-state index is 10.2. The van der Waals surface area contributed by atoms with Crippen LogP contribution < -0.4 is 0 Å². The topological polar surface area (TPSA) is 305 Å². The molecule has 0 radical (unpaired) electrons. The third-order valence-corrected chi connectivity index (χ3v) is 45.6. The molecule has 42 heteroatoms. The highest BCUT2D eigenvalue weighted by molar-refractivity contribution is 8.76. The van der Waals surface area contributed by atoms with Crippen molar-refractivity contribution in [3.05, 3.63) is 11.4 Å². The van der Waals surface area contributed by atoms with Crippen molar-refractivity contribution in [1.82, 2.24) is 0 Å². The predicted octanol–water partition coefficient (Wildman–Crippen LogP) is 15.0. The van der Waals surface area contributed by atoms with Crippen molar-refractivity contribution in [3.63, 3.8) is 0 Å². The Bertz CT molecular complexity index is 1900. The number of carbonyl (C=O) groups is 2. The summed E-state index contributed by atoms with van der Waals surface area (Å²) in [6.07, 6.45) is 15.5. The fourth-order valence-corrected chi connectivity index (χ4v) is 33.9. The first-order chi connectivity index (χ1) is 55.5. The van der Waals surface area contributed by atoms with Gasteiger partial charge in [-0.2, -0.15) is 0 Å². The van der Waals surface area contributed by atoms with Crippen LogP contribution >= 0.6 is 21.6 Å². The zero-order valence-corrected chi connectivity index (χ0v) is 87.5. The average Bonchev–Trinajstić information content (AvgIpc) is 1.64. The van der Waals surface area contributed by atoms with Crippen LogP contribution in [0.4, 0.5) is 0 Å². The molecule has 0 N–H and O–H groups in total. The minimum Gasteiger partial charge on any atom is -0.379 e. The molecule has 0 aromatic carbocycles. The van der Waals surface area contributed by atoms with Gasteiger partial charge in [-0.1, -0.05) is 40.9 Å². The zero-order valence-electron chi connectivity index (χ0n) is 76.9. The smallest absolute Gasteiger partial charge is 0.379 e. The Kier molecular flexibility index (Phi) is 89.4. The Morgan fingerprint density at radius 1 is 0.270 bits per heavy atom. The molecule has 0 aromatic heterocycles. The summed E-state index contributed by atoms with van der Waals surface area (Å²) in [5, 5.41) is 0. The SMILES string of the molecule is CCO[Si](/C=C/[Si](OCC)(OCC)OCC)(OCC)OCC.CCO[Si](CCCCC=O)(OCC)OCC.CCO[Si](CCCSSCCC[Si](OCC)(OCC)OCC)(OCC)OCC.CO[Si](CCCCC=O)(OC)OC.CO[Si](CCCCCCC[Si](OC)(OC)OC)(OC)OC.CO[Si](CCCOCC1CO1)(OC)OC. The lowest BCUT2D eigenvalue weighted by atomic mass is 10.2. The molecule has 1 heterocycles. The Morgan fingerprint density at radius 3 is 0.678 bits per heavy atom. The average molecular weight is 1860 g/mol. The van der Waals surface area contributed by atoms with E-state index < -0.39 is 79.2 Å². The van der Waals surface area contributed by atoms with E-state index in [-0.39, 0.29) is 0 Å². The number of hydrogen-bond donors (Lipinski definition) is 0. The number of epoxide rings is 1. The normalized spacial score (nSPS) is 13.6. The van der Waals surface area contributed by atoms with Gasteiger partial charge in [-0.15, -0.1) is 0 Å². The minimum absolute atomic E-state index is 0.333. The molecule has 1 saturated heterocycles. The van der Waals surface area contributed by atoms with Crippen LogP contribution in [0.5, 0.6) is 0 Å². The van der Waals surface area contributed by atoms with E-state index in [0.29, 0.717) is 131 Å². The van der Waals surface area contributed by atoms with Gasteiger partial charge in [0.15, 0.2) is 0 Å². The molecule has 0 aromatic rings. The van der Waals surface area contributed by atoms with E-state index in [1.54, 1.807) is 85.3 Å². The van der Waals surface area contributed by atoms with Gasteiger partial charge in [0.1, 0.15) is 18.7 Å². The van der Waals surface area contributed by atoms with Crippen molar-refractivity contribution in [2.45, 2.75) is 242 Å². The van der Waals surface area contributed by atoms with Crippen LogP contribution in [-0.4, -0.2) is 314 Å². The molecule has 0 aliphatic carbocycles. The second-order valence-electron chi connectivity index (χ2n) is 24.3. The Balaban J connectivity index is -0.000000428. The largest absolute Gasteiger partial charge is 0.529 e. The van der Waals surface area contributed by atoms with Gasteiger partial charge < -0.3 is 139 Å². The summed E-state index contributed by atoms with van der Waals surface area (Å²) in [5.74, 6) is 2.13. The third kappa shape index (κ3) is 60.8. The van der Waals surface area contributed by atoms with Crippen LogP contribution in [0.15, 0.2) is 11.4 Å². The fourth-order valence-electron chi connectivity index (χ4n) is 11.1. The van der Waals surface area contributed by atoms with Crippen LogP contribution in [0.2, 0.25) is 42.3 Å². The number of unbranched alkanes of at least 4 members (excludes halogenated alkanes) is 8. The molecule has 1 aliphatic rings. The molecule has 1 unspecified atom stereocenters. The maximum absolute atomic E-state index is 10.2. The van der Waals surface area contributed by atoms with Gasteiger partial charge in [0.2, 0.25) is 0 Å². The molecule has 1 rings (SSSR count). The standard InChI is InChI=1S/C18H42O6S2Si2.C14H32O6Si2.C13H32O6Si2.C11H24O4Si.C9H20O5Si.C8H18O4Si/c1-7-19-27(20-8-2,21-9-3)17-13-15-25-26-16-14-18-28(22-10-4,23-11-5)24-12-6;1-7-15-21(16-8-2,17-9-3)13-14-22(18-10-4,19-11-5)20-12-6;1-14-20(15-2,16-3)12-10-8-7-9-11-13-21(17-4,18-5)19-6;1-4-13-16(14-5-2,15-6-3)11-9-7-8-10-12;1-10-15(11-2,12-3)6-4-5-13-7-9-8-14-9;1-10-13(11-2,12-3)8-6-4-5-7-9/h7-18H2,1-6H3;13-14H,7-12H2,1-6H3;7-13H2,1-6H3;10H,4-9,11H2,1-3H3;9H,4-8H2,1-3H3;7H,4-6,8H2,1-3H3/b;14-13+;;;;. The number of hydrogen-bond acceptors (Lipinski definition) is 33. The van der Waals surface area contributed by atoms with Crippen LogP contribution in [0, 0.1) is 0 Å². The summed E-state index contributed by atoms with van der Waals surface area (Å²) in [5.41, 5.74) is 3.69. The number of aldehydes is 2. The van der Waals surface area contributed by atoms with Crippen LogP contribution in [0.1, 0.15) is 194 Å². The predicted molar refractivity (Wildman–Crippen MR) is 475 cm³/mol. The Labute approximate surface area is 716 Å². The first kappa shape index (κ1) is 124. The summed E-state index contributed by atoms with van der Waals surface area (Å²) in [4.78, 5) is 20.3. The molecule has 1 atom stereocenters. The second kappa shape index (κ2) is 82.8. The molecule has 0 bridgehead atoms. The summed E-state index contributed by atoms with van der Waals surface area (Å²) in [6.45, 7) is 40.4.